The Bertz CT molecular complexity index is 911. The Morgan fingerprint density at radius 3 is 2.79 bits per heavy atom. The van der Waals surface area contributed by atoms with E-state index in [1.54, 1.807) is 43.6 Å². The van der Waals surface area contributed by atoms with Gasteiger partial charge in [0.05, 0.1) is 25.0 Å². The molecular weight excluding hydrogens is 310 g/mol. The van der Waals surface area contributed by atoms with Crippen molar-refractivity contribution in [1.82, 2.24) is 4.90 Å². The van der Waals surface area contributed by atoms with Crippen LogP contribution in [-0.4, -0.2) is 24.5 Å². The van der Waals surface area contributed by atoms with Crippen LogP contribution in [0.5, 0.6) is 5.75 Å². The van der Waals surface area contributed by atoms with Gasteiger partial charge in [0, 0.05) is 24.6 Å². The van der Waals surface area contributed by atoms with Crippen LogP contribution in [-0.2, 0) is 6.54 Å². The number of fused-ring (bicyclic) bond motifs is 1. The van der Waals surface area contributed by atoms with E-state index in [0.29, 0.717) is 41.2 Å². The standard InChI is InChI=1S/C18H17NO5/c1-3-22-12-6-7-14-15(10-17(20)24-16(14)9-12)18(21)19(2)11-13-5-4-8-23-13/h4-10H,3,11H2,1-2H3. The molecule has 0 fully saturated rings. The van der Waals surface area contributed by atoms with Crippen molar-refractivity contribution in [3.05, 3.63) is 64.4 Å². The first-order valence-electron chi connectivity index (χ1n) is 7.57. The summed E-state index contributed by atoms with van der Waals surface area (Å²) in [6.45, 7) is 2.68. The van der Waals surface area contributed by atoms with E-state index in [2.05, 4.69) is 0 Å². The molecular formula is C18H17NO5. The van der Waals surface area contributed by atoms with Crippen molar-refractivity contribution >= 4 is 16.9 Å². The second kappa shape index (κ2) is 6.62. The fraction of sp³-hybridized carbons (Fsp3) is 0.222. The molecule has 0 N–H and O–H groups in total. The van der Waals surface area contributed by atoms with Crippen LogP contribution in [0, 0.1) is 0 Å². The number of hydrogen-bond donors (Lipinski definition) is 0. The Kier molecular flexibility index (Phi) is 4.37. The molecule has 3 rings (SSSR count). The van der Waals surface area contributed by atoms with E-state index in [4.69, 9.17) is 13.6 Å². The molecule has 0 aliphatic carbocycles. The maximum atomic E-state index is 12.7. The van der Waals surface area contributed by atoms with Crippen LogP contribution in [0.2, 0.25) is 0 Å². The summed E-state index contributed by atoms with van der Waals surface area (Å²) in [6.07, 6.45) is 1.55. The highest BCUT2D eigenvalue weighted by Gasteiger charge is 2.18. The Morgan fingerprint density at radius 1 is 1.25 bits per heavy atom. The van der Waals surface area contributed by atoms with E-state index in [1.807, 2.05) is 6.92 Å². The molecule has 1 amide bonds. The molecule has 6 heteroatoms. The lowest BCUT2D eigenvalue weighted by molar-refractivity contribution is 0.0776. The molecule has 1 aromatic carbocycles. The molecule has 24 heavy (non-hydrogen) atoms. The van der Waals surface area contributed by atoms with Gasteiger partial charge in [0.15, 0.2) is 0 Å². The van der Waals surface area contributed by atoms with Gasteiger partial charge in [0.1, 0.15) is 17.1 Å². The number of amides is 1. The molecule has 0 saturated carbocycles. The number of ether oxygens (including phenoxy) is 1. The first kappa shape index (κ1) is 15.9. The summed E-state index contributed by atoms with van der Waals surface area (Å²) in [5.74, 6) is 0.965. The van der Waals surface area contributed by atoms with E-state index in [1.165, 1.54) is 11.0 Å². The number of furan rings is 1. The second-order valence-corrected chi connectivity index (χ2v) is 5.31. The van der Waals surface area contributed by atoms with Gasteiger partial charge in [-0.1, -0.05) is 0 Å². The van der Waals surface area contributed by atoms with Gasteiger partial charge >= 0.3 is 5.63 Å². The Balaban J connectivity index is 1.98. The number of hydrogen-bond acceptors (Lipinski definition) is 5. The number of carbonyl (C=O) groups excluding carboxylic acids is 1. The Hall–Kier alpha value is -3.02. The SMILES string of the molecule is CCOc1ccc2c(C(=O)N(C)Cc3ccco3)cc(=O)oc2c1. The van der Waals surface area contributed by atoms with E-state index >= 15 is 0 Å². The monoisotopic (exact) mass is 327 g/mol. The van der Waals surface area contributed by atoms with E-state index in [0.717, 1.165) is 0 Å². The Morgan fingerprint density at radius 2 is 2.08 bits per heavy atom. The van der Waals surface area contributed by atoms with Crippen LogP contribution in [0.1, 0.15) is 23.0 Å². The summed E-state index contributed by atoms with van der Waals surface area (Å²) in [5.41, 5.74) is 0.0347. The molecule has 2 heterocycles. The first-order chi connectivity index (χ1) is 11.6. The van der Waals surface area contributed by atoms with Crippen LogP contribution in [0.3, 0.4) is 0 Å². The van der Waals surface area contributed by atoms with Crippen molar-refractivity contribution in [2.75, 3.05) is 13.7 Å². The van der Waals surface area contributed by atoms with Crippen molar-refractivity contribution in [2.45, 2.75) is 13.5 Å². The topological polar surface area (TPSA) is 72.9 Å². The smallest absolute Gasteiger partial charge is 0.337 e. The van der Waals surface area contributed by atoms with Crippen LogP contribution < -0.4 is 10.4 Å². The van der Waals surface area contributed by atoms with Crippen LogP contribution in [0.15, 0.2) is 56.3 Å². The van der Waals surface area contributed by atoms with Gasteiger partial charge in [-0.15, -0.1) is 0 Å². The number of benzene rings is 1. The van der Waals surface area contributed by atoms with Crippen LogP contribution in [0.4, 0.5) is 0 Å². The average molecular weight is 327 g/mol. The van der Waals surface area contributed by atoms with Gasteiger partial charge < -0.3 is 18.5 Å². The minimum atomic E-state index is -0.578. The van der Waals surface area contributed by atoms with Gasteiger partial charge in [-0.3, -0.25) is 4.79 Å². The second-order valence-electron chi connectivity index (χ2n) is 5.31. The van der Waals surface area contributed by atoms with Gasteiger partial charge in [-0.2, -0.15) is 0 Å². The lowest BCUT2D eigenvalue weighted by atomic mass is 10.1. The quantitative estimate of drug-likeness (QED) is 0.673. The summed E-state index contributed by atoms with van der Waals surface area (Å²) < 4.78 is 15.9. The molecule has 0 aliphatic heterocycles. The van der Waals surface area contributed by atoms with Gasteiger partial charge in [0.25, 0.3) is 5.91 Å². The van der Waals surface area contributed by atoms with E-state index < -0.39 is 5.63 Å². The number of carbonyl (C=O) groups is 1. The maximum Gasteiger partial charge on any atom is 0.337 e. The number of nitrogens with zero attached hydrogens (tertiary/aromatic N) is 1. The first-order valence-corrected chi connectivity index (χ1v) is 7.57. The highest BCUT2D eigenvalue weighted by atomic mass is 16.5. The largest absolute Gasteiger partial charge is 0.494 e. The zero-order valence-electron chi connectivity index (χ0n) is 13.4. The molecule has 0 atom stereocenters. The highest BCUT2D eigenvalue weighted by molar-refractivity contribution is 6.05. The minimum absolute atomic E-state index is 0.284. The van der Waals surface area contributed by atoms with Crippen LogP contribution >= 0.6 is 0 Å². The molecule has 3 aromatic rings. The van der Waals surface area contributed by atoms with Crippen molar-refractivity contribution in [3.8, 4) is 5.75 Å². The fourth-order valence-electron chi connectivity index (χ4n) is 2.49. The van der Waals surface area contributed by atoms with Crippen LogP contribution in [0.25, 0.3) is 11.0 Å². The summed E-state index contributed by atoms with van der Waals surface area (Å²) in [6, 6.07) is 9.84. The summed E-state index contributed by atoms with van der Waals surface area (Å²) in [4.78, 5) is 26.0. The van der Waals surface area contributed by atoms with E-state index in [-0.39, 0.29) is 5.91 Å². The average Bonchev–Trinajstić information content (AvgIpc) is 3.06. The van der Waals surface area contributed by atoms with E-state index in [9.17, 15) is 9.59 Å². The molecule has 0 spiro atoms. The molecule has 0 bridgehead atoms. The molecule has 124 valence electrons. The molecule has 0 saturated heterocycles. The third-order valence-corrected chi connectivity index (χ3v) is 3.58. The van der Waals surface area contributed by atoms with Gasteiger partial charge in [-0.25, -0.2) is 4.79 Å². The normalized spacial score (nSPS) is 10.8. The molecule has 0 aliphatic rings. The minimum Gasteiger partial charge on any atom is -0.494 e. The fourth-order valence-corrected chi connectivity index (χ4v) is 2.49. The lowest BCUT2D eigenvalue weighted by Crippen LogP contribution is -2.27. The summed E-state index contributed by atoms with van der Waals surface area (Å²) in [7, 11) is 1.65. The zero-order valence-corrected chi connectivity index (χ0v) is 13.4. The zero-order chi connectivity index (χ0) is 17.1. The third kappa shape index (κ3) is 3.17. The van der Waals surface area contributed by atoms with Gasteiger partial charge in [-0.05, 0) is 31.2 Å². The summed E-state index contributed by atoms with van der Waals surface area (Å²) in [5, 5.41) is 0.564. The van der Waals surface area contributed by atoms with Crippen molar-refractivity contribution in [2.24, 2.45) is 0 Å². The molecule has 6 nitrogen and oxygen atoms in total. The lowest BCUT2D eigenvalue weighted by Gasteiger charge is -2.16. The Labute approximate surface area is 138 Å². The molecule has 2 aromatic heterocycles. The third-order valence-electron chi connectivity index (χ3n) is 3.58. The highest BCUT2D eigenvalue weighted by Crippen LogP contribution is 2.24. The van der Waals surface area contributed by atoms with Crippen molar-refractivity contribution in [3.63, 3.8) is 0 Å². The summed E-state index contributed by atoms with van der Waals surface area (Å²) >= 11 is 0. The molecule has 0 radical (unpaired) electrons. The van der Waals surface area contributed by atoms with Gasteiger partial charge in [0.2, 0.25) is 0 Å². The van der Waals surface area contributed by atoms with Crippen molar-refractivity contribution in [1.29, 1.82) is 0 Å². The van der Waals surface area contributed by atoms with Crippen molar-refractivity contribution < 1.29 is 18.4 Å². The predicted octanol–water partition coefficient (Wildman–Crippen LogP) is 3.06. The number of rotatable bonds is 5. The maximum absolute atomic E-state index is 12.7. The predicted molar refractivity (Wildman–Crippen MR) is 88.2 cm³/mol. The molecule has 0 unspecified atom stereocenters.